The van der Waals surface area contributed by atoms with E-state index in [4.69, 9.17) is 0 Å². The van der Waals surface area contributed by atoms with Gasteiger partial charge in [-0.25, -0.2) is 0 Å². The van der Waals surface area contributed by atoms with E-state index in [1.54, 1.807) is 9.80 Å². The lowest BCUT2D eigenvalue weighted by molar-refractivity contribution is -0.135. The number of rotatable bonds is 4. The zero-order valence-corrected chi connectivity index (χ0v) is 12.4. The summed E-state index contributed by atoms with van der Waals surface area (Å²) in [5.74, 6) is -0.0671. The Hall–Kier alpha value is -1.84. The highest BCUT2D eigenvalue weighted by molar-refractivity contribution is 6.00. The van der Waals surface area contributed by atoms with E-state index < -0.39 is 0 Å². The molecule has 1 atom stereocenters. The van der Waals surface area contributed by atoms with Crippen molar-refractivity contribution in [3.05, 3.63) is 29.8 Å². The fourth-order valence-corrected chi connectivity index (χ4v) is 2.71. The summed E-state index contributed by atoms with van der Waals surface area (Å²) >= 11 is 0. The largest absolute Gasteiger partial charge is 0.343 e. The molecule has 0 aromatic heterocycles. The lowest BCUT2D eigenvalue weighted by Gasteiger charge is -2.22. The highest BCUT2D eigenvalue weighted by Crippen LogP contribution is 2.26. The van der Waals surface area contributed by atoms with Gasteiger partial charge in [0.15, 0.2) is 0 Å². The van der Waals surface area contributed by atoms with Crippen LogP contribution < -0.4 is 4.90 Å². The summed E-state index contributed by atoms with van der Waals surface area (Å²) in [5, 5.41) is 0. The van der Waals surface area contributed by atoms with Crippen LogP contribution in [0.3, 0.4) is 0 Å². The van der Waals surface area contributed by atoms with Crippen LogP contribution >= 0.6 is 0 Å². The standard InChI is InChI=1S/C16H22N2O2/c1-4-17(5-2)16(20)13-10-15(19)18(11-13)14-8-6-7-12(3)9-14/h6-9,13H,4-5,10-11H2,1-3H3/t13-/m0/s1. The summed E-state index contributed by atoms with van der Waals surface area (Å²) in [4.78, 5) is 28.0. The Labute approximate surface area is 120 Å². The molecule has 0 bridgehead atoms. The first-order valence-corrected chi connectivity index (χ1v) is 7.22. The molecule has 0 saturated carbocycles. The summed E-state index contributed by atoms with van der Waals surface area (Å²) in [6.07, 6.45) is 0.323. The van der Waals surface area contributed by atoms with Gasteiger partial charge in [-0.3, -0.25) is 9.59 Å². The molecule has 1 aromatic rings. The molecular weight excluding hydrogens is 252 g/mol. The van der Waals surface area contributed by atoms with Crippen molar-refractivity contribution < 1.29 is 9.59 Å². The first-order chi connectivity index (χ1) is 9.56. The predicted molar refractivity (Wildman–Crippen MR) is 79.6 cm³/mol. The fraction of sp³-hybridized carbons (Fsp3) is 0.500. The van der Waals surface area contributed by atoms with Gasteiger partial charge in [0.25, 0.3) is 0 Å². The molecule has 1 heterocycles. The Kier molecular flexibility index (Phi) is 4.42. The molecule has 1 aliphatic heterocycles. The van der Waals surface area contributed by atoms with Crippen molar-refractivity contribution in [2.75, 3.05) is 24.5 Å². The van der Waals surface area contributed by atoms with Crippen LogP contribution in [-0.2, 0) is 9.59 Å². The van der Waals surface area contributed by atoms with Gasteiger partial charge in [0, 0.05) is 31.7 Å². The third-order valence-corrected chi connectivity index (χ3v) is 3.86. The Morgan fingerprint density at radius 2 is 2.05 bits per heavy atom. The number of nitrogens with zero attached hydrogens (tertiary/aromatic N) is 2. The summed E-state index contributed by atoms with van der Waals surface area (Å²) in [7, 11) is 0. The second kappa shape index (κ2) is 6.07. The van der Waals surface area contributed by atoms with E-state index in [0.717, 1.165) is 11.3 Å². The van der Waals surface area contributed by atoms with Crippen molar-refractivity contribution in [3.63, 3.8) is 0 Å². The average Bonchev–Trinajstić information content (AvgIpc) is 2.82. The number of anilines is 1. The van der Waals surface area contributed by atoms with Crippen LogP contribution in [0, 0.1) is 12.8 Å². The second-order valence-corrected chi connectivity index (χ2v) is 5.25. The van der Waals surface area contributed by atoms with Crippen molar-refractivity contribution in [3.8, 4) is 0 Å². The van der Waals surface area contributed by atoms with Gasteiger partial charge < -0.3 is 9.80 Å². The SMILES string of the molecule is CCN(CC)C(=O)[C@H]1CC(=O)N(c2cccc(C)c2)C1. The van der Waals surface area contributed by atoms with Crippen LogP contribution in [0.4, 0.5) is 5.69 Å². The van der Waals surface area contributed by atoms with Gasteiger partial charge in [-0.1, -0.05) is 12.1 Å². The van der Waals surface area contributed by atoms with Gasteiger partial charge in [0.2, 0.25) is 11.8 Å². The average molecular weight is 274 g/mol. The van der Waals surface area contributed by atoms with Crippen LogP contribution in [0.1, 0.15) is 25.8 Å². The lowest BCUT2D eigenvalue weighted by atomic mass is 10.1. The Bertz CT molecular complexity index is 509. The van der Waals surface area contributed by atoms with Crippen molar-refractivity contribution in [2.45, 2.75) is 27.2 Å². The van der Waals surface area contributed by atoms with Gasteiger partial charge >= 0.3 is 0 Å². The van der Waals surface area contributed by atoms with Crippen molar-refractivity contribution >= 4 is 17.5 Å². The smallest absolute Gasteiger partial charge is 0.227 e. The molecule has 0 aliphatic carbocycles. The van der Waals surface area contributed by atoms with E-state index in [2.05, 4.69) is 0 Å². The van der Waals surface area contributed by atoms with E-state index in [-0.39, 0.29) is 17.7 Å². The molecule has 0 spiro atoms. The molecule has 1 aliphatic rings. The van der Waals surface area contributed by atoms with E-state index in [9.17, 15) is 9.59 Å². The maximum atomic E-state index is 12.3. The van der Waals surface area contributed by atoms with E-state index >= 15 is 0 Å². The zero-order valence-electron chi connectivity index (χ0n) is 12.4. The molecule has 4 nitrogen and oxygen atoms in total. The van der Waals surface area contributed by atoms with E-state index in [0.29, 0.717) is 26.1 Å². The lowest BCUT2D eigenvalue weighted by Crippen LogP contribution is -2.37. The quantitative estimate of drug-likeness (QED) is 0.844. The molecule has 4 heteroatoms. The normalized spacial score (nSPS) is 18.4. The highest BCUT2D eigenvalue weighted by atomic mass is 16.2. The summed E-state index contributed by atoms with van der Waals surface area (Å²) in [6, 6.07) is 7.86. The summed E-state index contributed by atoms with van der Waals surface area (Å²) in [6.45, 7) is 7.84. The minimum Gasteiger partial charge on any atom is -0.343 e. The van der Waals surface area contributed by atoms with Gasteiger partial charge in [0.05, 0.1) is 5.92 Å². The minimum atomic E-state index is -0.206. The van der Waals surface area contributed by atoms with Gasteiger partial charge in [-0.15, -0.1) is 0 Å². The fourth-order valence-electron chi connectivity index (χ4n) is 2.71. The summed E-state index contributed by atoms with van der Waals surface area (Å²) < 4.78 is 0. The minimum absolute atomic E-state index is 0.0427. The third-order valence-electron chi connectivity index (χ3n) is 3.86. The topological polar surface area (TPSA) is 40.6 Å². The number of amides is 2. The molecular formula is C16H22N2O2. The molecule has 1 fully saturated rings. The van der Waals surface area contributed by atoms with E-state index in [1.165, 1.54) is 0 Å². The Morgan fingerprint density at radius 3 is 2.65 bits per heavy atom. The van der Waals surface area contributed by atoms with Gasteiger partial charge in [-0.05, 0) is 38.5 Å². The number of benzene rings is 1. The van der Waals surface area contributed by atoms with Crippen molar-refractivity contribution in [1.82, 2.24) is 4.90 Å². The Balaban J connectivity index is 2.13. The molecule has 2 amide bonds. The maximum absolute atomic E-state index is 12.3. The molecule has 1 aromatic carbocycles. The number of carbonyl (C=O) groups is 2. The molecule has 0 N–H and O–H groups in total. The molecule has 0 unspecified atom stereocenters. The number of carbonyl (C=O) groups excluding carboxylic acids is 2. The maximum Gasteiger partial charge on any atom is 0.227 e. The second-order valence-electron chi connectivity index (χ2n) is 5.25. The molecule has 1 saturated heterocycles. The molecule has 20 heavy (non-hydrogen) atoms. The van der Waals surface area contributed by atoms with Gasteiger partial charge in [0.1, 0.15) is 0 Å². The predicted octanol–water partition coefficient (Wildman–Crippen LogP) is 2.22. The van der Waals surface area contributed by atoms with Crippen molar-refractivity contribution in [1.29, 1.82) is 0 Å². The monoisotopic (exact) mass is 274 g/mol. The van der Waals surface area contributed by atoms with Gasteiger partial charge in [-0.2, -0.15) is 0 Å². The van der Waals surface area contributed by atoms with Crippen LogP contribution in [0.5, 0.6) is 0 Å². The first kappa shape index (κ1) is 14.6. The molecule has 2 rings (SSSR count). The molecule has 108 valence electrons. The van der Waals surface area contributed by atoms with Crippen molar-refractivity contribution in [2.24, 2.45) is 5.92 Å². The van der Waals surface area contributed by atoms with Crippen LogP contribution in [0.15, 0.2) is 24.3 Å². The first-order valence-electron chi connectivity index (χ1n) is 7.22. The number of hydrogen-bond donors (Lipinski definition) is 0. The Morgan fingerprint density at radius 1 is 1.35 bits per heavy atom. The van der Waals surface area contributed by atoms with Crippen LogP contribution in [0.25, 0.3) is 0 Å². The van der Waals surface area contributed by atoms with Crippen LogP contribution in [0.2, 0.25) is 0 Å². The number of aryl methyl sites for hydroxylation is 1. The van der Waals surface area contributed by atoms with Crippen LogP contribution in [-0.4, -0.2) is 36.3 Å². The zero-order chi connectivity index (χ0) is 14.7. The third kappa shape index (κ3) is 2.84. The summed E-state index contributed by atoms with van der Waals surface area (Å²) in [5.41, 5.74) is 2.01. The number of hydrogen-bond acceptors (Lipinski definition) is 2. The molecule has 0 radical (unpaired) electrons. The van der Waals surface area contributed by atoms with E-state index in [1.807, 2.05) is 45.0 Å². The highest BCUT2D eigenvalue weighted by Gasteiger charge is 2.36.